The molecule has 2 rings (SSSR count). The van der Waals surface area contributed by atoms with Gasteiger partial charge in [-0.3, -0.25) is 10.1 Å². The van der Waals surface area contributed by atoms with Crippen LogP contribution in [0.4, 0.5) is 10.1 Å². The summed E-state index contributed by atoms with van der Waals surface area (Å²) in [6.07, 6.45) is 0. The largest absolute Gasteiger partial charge is 0.457 e. The van der Waals surface area contributed by atoms with Crippen LogP contribution < -0.4 is 0 Å². The van der Waals surface area contributed by atoms with Crippen molar-refractivity contribution in [2.75, 3.05) is 0 Å². The van der Waals surface area contributed by atoms with Crippen molar-refractivity contribution < 1.29 is 18.8 Å². The zero-order chi connectivity index (χ0) is 17.0. The molecule has 0 unspecified atom stereocenters. The number of esters is 1. The van der Waals surface area contributed by atoms with Crippen molar-refractivity contribution >= 4 is 11.7 Å². The van der Waals surface area contributed by atoms with E-state index < -0.39 is 16.7 Å². The topological polar surface area (TPSA) is 93.2 Å². The molecule has 2 aromatic carbocycles. The molecular formula is C16H11FN2O4. The van der Waals surface area contributed by atoms with Gasteiger partial charge in [-0.05, 0) is 37.3 Å². The number of rotatable bonds is 4. The lowest BCUT2D eigenvalue weighted by Gasteiger charge is -2.07. The van der Waals surface area contributed by atoms with E-state index in [9.17, 15) is 19.3 Å². The minimum absolute atomic E-state index is 0.0797. The van der Waals surface area contributed by atoms with E-state index >= 15 is 0 Å². The molecule has 0 saturated heterocycles. The number of hydrogen-bond acceptors (Lipinski definition) is 5. The van der Waals surface area contributed by atoms with Crippen molar-refractivity contribution in [1.29, 1.82) is 5.26 Å². The summed E-state index contributed by atoms with van der Waals surface area (Å²) in [7, 11) is 0. The Kier molecular flexibility index (Phi) is 4.66. The fraction of sp³-hybridized carbons (Fsp3) is 0.125. The van der Waals surface area contributed by atoms with Crippen LogP contribution in [-0.2, 0) is 11.3 Å². The number of nitrogens with zero attached hydrogens (tertiary/aromatic N) is 2. The second-order valence-corrected chi connectivity index (χ2v) is 4.75. The molecule has 0 aliphatic carbocycles. The fourth-order valence-corrected chi connectivity index (χ4v) is 1.97. The first kappa shape index (κ1) is 16.1. The number of ether oxygens (including phenoxy) is 1. The maximum atomic E-state index is 13.6. The number of hydrogen-bond donors (Lipinski definition) is 0. The second-order valence-electron chi connectivity index (χ2n) is 4.75. The highest BCUT2D eigenvalue weighted by Gasteiger charge is 2.15. The fourth-order valence-electron chi connectivity index (χ4n) is 1.97. The standard InChI is InChI=1S/C16H11FN2O4/c1-10-6-12(3-5-15(10)19(21)22)16(20)23-9-13-7-11(8-18)2-4-14(13)17/h2-7H,9H2,1H3. The third-order valence-electron chi connectivity index (χ3n) is 3.16. The maximum Gasteiger partial charge on any atom is 0.338 e. The van der Waals surface area contributed by atoms with Gasteiger partial charge in [-0.25, -0.2) is 9.18 Å². The van der Waals surface area contributed by atoms with Gasteiger partial charge in [0.15, 0.2) is 0 Å². The molecule has 2 aromatic rings. The summed E-state index contributed by atoms with van der Waals surface area (Å²) in [6, 6.07) is 9.43. The maximum absolute atomic E-state index is 13.6. The van der Waals surface area contributed by atoms with Crippen molar-refractivity contribution in [2.45, 2.75) is 13.5 Å². The van der Waals surface area contributed by atoms with Crippen LogP contribution in [0.5, 0.6) is 0 Å². The first-order chi connectivity index (χ1) is 10.9. The third-order valence-corrected chi connectivity index (χ3v) is 3.16. The second kappa shape index (κ2) is 6.66. The van der Waals surface area contributed by atoms with Gasteiger partial charge in [-0.15, -0.1) is 0 Å². The molecule has 0 amide bonds. The highest BCUT2D eigenvalue weighted by Crippen LogP contribution is 2.20. The Balaban J connectivity index is 2.13. The van der Waals surface area contributed by atoms with E-state index in [-0.39, 0.29) is 29.0 Å². The van der Waals surface area contributed by atoms with E-state index in [4.69, 9.17) is 10.00 Å². The molecule has 6 nitrogen and oxygen atoms in total. The summed E-state index contributed by atoms with van der Waals surface area (Å²) < 4.78 is 18.6. The molecular weight excluding hydrogens is 303 g/mol. The van der Waals surface area contributed by atoms with Gasteiger partial charge in [0, 0.05) is 17.2 Å². The lowest BCUT2D eigenvalue weighted by Crippen LogP contribution is -2.07. The van der Waals surface area contributed by atoms with Gasteiger partial charge in [0.25, 0.3) is 5.69 Å². The molecule has 0 N–H and O–H groups in total. The van der Waals surface area contributed by atoms with Crippen molar-refractivity contribution in [1.82, 2.24) is 0 Å². The van der Waals surface area contributed by atoms with Gasteiger partial charge in [0.05, 0.1) is 22.1 Å². The normalized spacial score (nSPS) is 9.96. The van der Waals surface area contributed by atoms with Crippen molar-refractivity contribution in [3.63, 3.8) is 0 Å². The van der Waals surface area contributed by atoms with E-state index in [1.165, 1.54) is 37.3 Å². The molecule has 0 fully saturated rings. The average Bonchev–Trinajstić information content (AvgIpc) is 2.53. The summed E-state index contributed by atoms with van der Waals surface area (Å²) in [6.45, 7) is 1.17. The van der Waals surface area contributed by atoms with Crippen LogP contribution >= 0.6 is 0 Å². The Morgan fingerprint density at radius 3 is 2.70 bits per heavy atom. The van der Waals surface area contributed by atoms with E-state index in [0.717, 1.165) is 6.07 Å². The molecule has 7 heteroatoms. The smallest absolute Gasteiger partial charge is 0.338 e. The van der Waals surface area contributed by atoms with Crippen LogP contribution in [0.25, 0.3) is 0 Å². The van der Waals surface area contributed by atoms with Crippen LogP contribution in [0.2, 0.25) is 0 Å². The number of nitro benzene ring substituents is 1. The van der Waals surface area contributed by atoms with Gasteiger partial charge in [-0.2, -0.15) is 5.26 Å². The van der Waals surface area contributed by atoms with E-state index in [1.807, 2.05) is 6.07 Å². The lowest BCUT2D eigenvalue weighted by atomic mass is 10.1. The van der Waals surface area contributed by atoms with E-state index in [2.05, 4.69) is 0 Å². The molecule has 0 aliphatic rings. The molecule has 23 heavy (non-hydrogen) atoms. The molecule has 0 saturated carbocycles. The summed E-state index contributed by atoms with van der Waals surface area (Å²) in [5.74, 6) is -1.32. The number of nitro groups is 1. The van der Waals surface area contributed by atoms with Crippen LogP contribution in [-0.4, -0.2) is 10.9 Å². The zero-order valence-corrected chi connectivity index (χ0v) is 12.1. The third kappa shape index (κ3) is 3.68. The number of carbonyl (C=O) groups excluding carboxylic acids is 1. The minimum atomic E-state index is -0.732. The molecule has 0 heterocycles. The highest BCUT2D eigenvalue weighted by atomic mass is 19.1. The lowest BCUT2D eigenvalue weighted by molar-refractivity contribution is -0.385. The van der Waals surface area contributed by atoms with Crippen LogP contribution in [0, 0.1) is 34.2 Å². The van der Waals surface area contributed by atoms with E-state index in [1.54, 1.807) is 0 Å². The molecule has 0 radical (unpaired) electrons. The van der Waals surface area contributed by atoms with Gasteiger partial charge in [-0.1, -0.05) is 0 Å². The summed E-state index contributed by atoms with van der Waals surface area (Å²) in [5, 5.41) is 19.5. The molecule has 0 aliphatic heterocycles. The Morgan fingerprint density at radius 1 is 1.35 bits per heavy atom. The predicted molar refractivity (Wildman–Crippen MR) is 78.1 cm³/mol. The van der Waals surface area contributed by atoms with Gasteiger partial charge in [0.1, 0.15) is 12.4 Å². The number of nitriles is 1. The monoisotopic (exact) mass is 314 g/mol. The molecule has 0 bridgehead atoms. The molecule has 0 atom stereocenters. The van der Waals surface area contributed by atoms with Crippen molar-refractivity contribution in [3.8, 4) is 6.07 Å². The Morgan fingerprint density at radius 2 is 2.09 bits per heavy atom. The number of carbonyl (C=O) groups is 1. The Labute approximate surface area is 130 Å². The predicted octanol–water partition coefficient (Wildman–Crippen LogP) is 3.27. The van der Waals surface area contributed by atoms with Gasteiger partial charge >= 0.3 is 5.97 Å². The van der Waals surface area contributed by atoms with Crippen LogP contribution in [0.1, 0.15) is 27.0 Å². The van der Waals surface area contributed by atoms with Crippen molar-refractivity contribution in [3.05, 3.63) is 74.6 Å². The van der Waals surface area contributed by atoms with Gasteiger partial charge in [0.2, 0.25) is 0 Å². The summed E-state index contributed by atoms with van der Waals surface area (Å²) in [5.41, 5.74) is 0.682. The average molecular weight is 314 g/mol. The number of halogens is 1. The quantitative estimate of drug-likeness (QED) is 0.490. The summed E-state index contributed by atoms with van der Waals surface area (Å²) >= 11 is 0. The molecule has 0 spiro atoms. The Hall–Kier alpha value is -3.27. The number of benzene rings is 2. The van der Waals surface area contributed by atoms with E-state index in [0.29, 0.717) is 5.56 Å². The van der Waals surface area contributed by atoms with Gasteiger partial charge < -0.3 is 4.74 Å². The zero-order valence-electron chi connectivity index (χ0n) is 12.1. The van der Waals surface area contributed by atoms with Crippen LogP contribution in [0.3, 0.4) is 0 Å². The summed E-state index contributed by atoms with van der Waals surface area (Å²) in [4.78, 5) is 22.1. The first-order valence-corrected chi connectivity index (χ1v) is 6.53. The highest BCUT2D eigenvalue weighted by molar-refractivity contribution is 5.90. The van der Waals surface area contributed by atoms with Crippen molar-refractivity contribution in [2.24, 2.45) is 0 Å². The minimum Gasteiger partial charge on any atom is -0.457 e. The molecule has 0 aromatic heterocycles. The molecule has 116 valence electrons. The van der Waals surface area contributed by atoms with Crippen LogP contribution in [0.15, 0.2) is 36.4 Å². The SMILES string of the molecule is Cc1cc(C(=O)OCc2cc(C#N)ccc2F)ccc1[N+](=O)[O-]. The first-order valence-electron chi connectivity index (χ1n) is 6.53. The number of aryl methyl sites for hydroxylation is 1. The Bertz CT molecular complexity index is 827.